The Labute approximate surface area is 130 Å². The number of benzene rings is 1. The number of hydrogen-bond acceptors (Lipinski definition) is 3. The molecule has 102 valence electrons. The molecule has 5 heteroatoms. The van der Waals surface area contributed by atoms with Crippen LogP contribution in [0.25, 0.3) is 10.1 Å². The van der Waals surface area contributed by atoms with Crippen LogP contribution in [0.2, 0.25) is 5.02 Å². The summed E-state index contributed by atoms with van der Waals surface area (Å²) in [6.45, 7) is 0.604. The van der Waals surface area contributed by atoms with E-state index in [-0.39, 0.29) is 5.91 Å². The number of carbonyl (C=O) groups is 1. The standard InChI is InChI=1S/C15H12ClNOS2/c1-17(8-10-6-7-19-9-10)15(18)14-13(16)11-4-2-3-5-12(11)20-14/h2-7,9H,8H2,1H3. The maximum absolute atomic E-state index is 12.5. The molecule has 0 saturated heterocycles. The maximum Gasteiger partial charge on any atom is 0.265 e. The molecular weight excluding hydrogens is 310 g/mol. The van der Waals surface area contributed by atoms with E-state index in [1.807, 2.05) is 35.7 Å². The Bertz CT molecular complexity index is 748. The molecule has 0 N–H and O–H groups in total. The summed E-state index contributed by atoms with van der Waals surface area (Å²) in [5, 5.41) is 5.58. The lowest BCUT2D eigenvalue weighted by atomic mass is 10.2. The third-order valence-electron chi connectivity index (χ3n) is 3.08. The SMILES string of the molecule is CN(Cc1ccsc1)C(=O)c1sc2ccccc2c1Cl. The third kappa shape index (κ3) is 2.46. The number of thiophene rings is 2. The molecule has 3 rings (SSSR count). The van der Waals surface area contributed by atoms with E-state index < -0.39 is 0 Å². The zero-order valence-corrected chi connectivity index (χ0v) is 13.2. The predicted octanol–water partition coefficient (Wildman–Crippen LogP) is 4.89. The largest absolute Gasteiger partial charge is 0.337 e. The molecule has 1 aromatic carbocycles. The highest BCUT2D eigenvalue weighted by Crippen LogP contribution is 2.35. The summed E-state index contributed by atoms with van der Waals surface area (Å²) in [6.07, 6.45) is 0. The molecule has 0 bridgehead atoms. The second-order valence-electron chi connectivity index (χ2n) is 4.53. The fourth-order valence-corrected chi connectivity index (χ4v) is 4.22. The highest BCUT2D eigenvalue weighted by molar-refractivity contribution is 7.21. The summed E-state index contributed by atoms with van der Waals surface area (Å²) in [4.78, 5) is 14.8. The lowest BCUT2D eigenvalue weighted by Crippen LogP contribution is -2.25. The van der Waals surface area contributed by atoms with Gasteiger partial charge >= 0.3 is 0 Å². The number of hydrogen-bond donors (Lipinski definition) is 0. The van der Waals surface area contributed by atoms with E-state index in [1.165, 1.54) is 11.3 Å². The Morgan fingerprint density at radius 1 is 1.30 bits per heavy atom. The van der Waals surface area contributed by atoms with E-state index in [4.69, 9.17) is 11.6 Å². The number of nitrogens with zero attached hydrogens (tertiary/aromatic N) is 1. The number of rotatable bonds is 3. The molecule has 3 aromatic rings. The van der Waals surface area contributed by atoms with Crippen molar-refractivity contribution in [3.05, 3.63) is 56.6 Å². The van der Waals surface area contributed by atoms with Gasteiger partial charge in [-0.25, -0.2) is 0 Å². The Balaban J connectivity index is 1.90. The fourth-order valence-electron chi connectivity index (χ4n) is 2.05. The minimum absolute atomic E-state index is 0.0256. The van der Waals surface area contributed by atoms with Crippen molar-refractivity contribution >= 4 is 50.3 Å². The number of carbonyl (C=O) groups excluding carboxylic acids is 1. The van der Waals surface area contributed by atoms with Gasteiger partial charge in [0.2, 0.25) is 0 Å². The van der Waals surface area contributed by atoms with E-state index in [9.17, 15) is 4.79 Å². The average Bonchev–Trinajstić information content (AvgIpc) is 3.07. The van der Waals surface area contributed by atoms with E-state index in [0.29, 0.717) is 16.4 Å². The molecule has 0 fully saturated rings. The van der Waals surface area contributed by atoms with Crippen molar-refractivity contribution in [2.75, 3.05) is 7.05 Å². The summed E-state index contributed by atoms with van der Waals surface area (Å²) in [7, 11) is 1.81. The van der Waals surface area contributed by atoms with Crippen LogP contribution in [-0.4, -0.2) is 17.9 Å². The second-order valence-corrected chi connectivity index (χ2v) is 6.74. The number of halogens is 1. The van der Waals surface area contributed by atoms with Gasteiger partial charge in [-0.15, -0.1) is 11.3 Å². The molecule has 0 spiro atoms. The molecule has 0 aliphatic heterocycles. The number of fused-ring (bicyclic) bond motifs is 1. The minimum atomic E-state index is -0.0256. The zero-order chi connectivity index (χ0) is 14.1. The molecule has 2 nitrogen and oxygen atoms in total. The van der Waals surface area contributed by atoms with Gasteiger partial charge in [0.25, 0.3) is 5.91 Å². The van der Waals surface area contributed by atoms with E-state index in [0.717, 1.165) is 15.6 Å². The first kappa shape index (κ1) is 13.6. The highest BCUT2D eigenvalue weighted by Gasteiger charge is 2.20. The number of amides is 1. The quantitative estimate of drug-likeness (QED) is 0.672. The molecule has 0 aliphatic rings. The van der Waals surface area contributed by atoms with Gasteiger partial charge in [0.05, 0.1) is 5.02 Å². The van der Waals surface area contributed by atoms with Gasteiger partial charge in [0, 0.05) is 23.7 Å². The van der Waals surface area contributed by atoms with Gasteiger partial charge in [-0.05, 0) is 28.5 Å². The zero-order valence-electron chi connectivity index (χ0n) is 10.8. The molecule has 0 saturated carbocycles. The average molecular weight is 322 g/mol. The Morgan fingerprint density at radius 3 is 2.80 bits per heavy atom. The smallest absolute Gasteiger partial charge is 0.265 e. The van der Waals surface area contributed by atoms with Crippen LogP contribution in [0.4, 0.5) is 0 Å². The van der Waals surface area contributed by atoms with Gasteiger partial charge < -0.3 is 4.90 Å². The first-order valence-corrected chi connectivity index (χ1v) is 8.24. The van der Waals surface area contributed by atoms with Crippen molar-refractivity contribution < 1.29 is 4.79 Å². The van der Waals surface area contributed by atoms with Crippen LogP contribution in [0, 0.1) is 0 Å². The van der Waals surface area contributed by atoms with Gasteiger partial charge in [0.15, 0.2) is 0 Å². The molecule has 2 heterocycles. The fraction of sp³-hybridized carbons (Fsp3) is 0.133. The summed E-state index contributed by atoms with van der Waals surface area (Å²) >= 11 is 9.43. The first-order chi connectivity index (χ1) is 9.66. The van der Waals surface area contributed by atoms with Crippen LogP contribution in [0.5, 0.6) is 0 Å². The van der Waals surface area contributed by atoms with E-state index in [2.05, 4.69) is 5.38 Å². The van der Waals surface area contributed by atoms with E-state index in [1.54, 1.807) is 23.3 Å². The van der Waals surface area contributed by atoms with Crippen molar-refractivity contribution in [3.8, 4) is 0 Å². The van der Waals surface area contributed by atoms with Crippen LogP contribution >= 0.6 is 34.3 Å². The molecule has 1 amide bonds. The predicted molar refractivity (Wildman–Crippen MR) is 87.0 cm³/mol. The Morgan fingerprint density at radius 2 is 2.10 bits per heavy atom. The molecular formula is C15H12ClNOS2. The van der Waals surface area contributed by atoms with Crippen LogP contribution in [0.3, 0.4) is 0 Å². The van der Waals surface area contributed by atoms with Crippen LogP contribution < -0.4 is 0 Å². The van der Waals surface area contributed by atoms with Crippen molar-refractivity contribution in [2.45, 2.75) is 6.54 Å². The monoisotopic (exact) mass is 321 g/mol. The molecule has 0 radical (unpaired) electrons. The van der Waals surface area contributed by atoms with Gasteiger partial charge in [-0.1, -0.05) is 29.8 Å². The normalized spacial score (nSPS) is 10.9. The van der Waals surface area contributed by atoms with Gasteiger partial charge in [-0.2, -0.15) is 11.3 Å². The molecule has 0 unspecified atom stereocenters. The third-order valence-corrected chi connectivity index (χ3v) is 5.47. The maximum atomic E-state index is 12.5. The Hall–Kier alpha value is -1.36. The Kier molecular flexibility index (Phi) is 3.78. The lowest BCUT2D eigenvalue weighted by Gasteiger charge is -2.15. The first-order valence-electron chi connectivity index (χ1n) is 6.10. The summed E-state index contributed by atoms with van der Waals surface area (Å²) in [6, 6.07) is 9.86. The lowest BCUT2D eigenvalue weighted by molar-refractivity contribution is 0.0790. The van der Waals surface area contributed by atoms with Crippen LogP contribution in [0.1, 0.15) is 15.2 Å². The van der Waals surface area contributed by atoms with Crippen molar-refractivity contribution in [1.29, 1.82) is 0 Å². The molecule has 2 aromatic heterocycles. The highest BCUT2D eigenvalue weighted by atomic mass is 35.5. The molecule has 0 atom stereocenters. The summed E-state index contributed by atoms with van der Waals surface area (Å²) < 4.78 is 1.05. The van der Waals surface area contributed by atoms with Crippen molar-refractivity contribution in [1.82, 2.24) is 4.90 Å². The minimum Gasteiger partial charge on any atom is -0.337 e. The van der Waals surface area contributed by atoms with Crippen molar-refractivity contribution in [2.24, 2.45) is 0 Å². The molecule has 0 aliphatic carbocycles. The van der Waals surface area contributed by atoms with Gasteiger partial charge in [0.1, 0.15) is 4.88 Å². The van der Waals surface area contributed by atoms with E-state index >= 15 is 0 Å². The van der Waals surface area contributed by atoms with Gasteiger partial charge in [-0.3, -0.25) is 4.79 Å². The summed E-state index contributed by atoms with van der Waals surface area (Å²) in [5.74, 6) is -0.0256. The second kappa shape index (κ2) is 5.56. The summed E-state index contributed by atoms with van der Waals surface area (Å²) in [5.41, 5.74) is 1.14. The van der Waals surface area contributed by atoms with Crippen molar-refractivity contribution in [3.63, 3.8) is 0 Å². The molecule has 20 heavy (non-hydrogen) atoms. The van der Waals surface area contributed by atoms with Crippen LogP contribution in [-0.2, 0) is 6.54 Å². The van der Waals surface area contributed by atoms with Crippen LogP contribution in [0.15, 0.2) is 41.1 Å². The topological polar surface area (TPSA) is 20.3 Å².